The van der Waals surface area contributed by atoms with E-state index in [1.54, 1.807) is 7.11 Å². The molecular weight excluding hydrogens is 719 g/mol. The molecule has 284 valence electrons. The lowest BCUT2D eigenvalue weighted by molar-refractivity contribution is -0.206. The fraction of sp³-hybridized carbons (Fsp3) is 0.381. The first-order valence-electron chi connectivity index (χ1n) is 18.1. The van der Waals surface area contributed by atoms with Crippen LogP contribution in [-0.4, -0.2) is 63.6 Å². The number of ether oxygens (including phenoxy) is 4. The Hall–Kier alpha value is -4.42. The van der Waals surface area contributed by atoms with Gasteiger partial charge in [-0.15, -0.1) is 0 Å². The molecule has 0 bridgehead atoms. The van der Waals surface area contributed by atoms with Gasteiger partial charge in [-0.05, 0) is 64.6 Å². The van der Waals surface area contributed by atoms with E-state index < -0.39 is 44.1 Å². The number of esters is 1. The van der Waals surface area contributed by atoms with E-state index in [2.05, 4.69) is 55.1 Å². The minimum atomic E-state index is -3.06. The molecule has 0 aliphatic carbocycles. The van der Waals surface area contributed by atoms with Crippen molar-refractivity contribution in [2.24, 2.45) is 5.11 Å². The molecule has 5 rings (SSSR count). The SMILES string of the molecule is COc1ccc(CO[C@H]2[C@H](OC(=O)CCC(C)=O)[C@@H](N=[N+]=[N-])[C@H](Sc3ccc(C)cc3)O[C@@H]2CO[Si](c2ccccc2)(c2ccccc2)C(C)(C)C)cc1. The third-order valence-corrected chi connectivity index (χ3v) is 15.7. The summed E-state index contributed by atoms with van der Waals surface area (Å²) in [5, 5.41) is 6.04. The topological polar surface area (TPSA) is 129 Å². The Morgan fingerprint density at radius 1 is 0.870 bits per heavy atom. The van der Waals surface area contributed by atoms with E-state index in [0.717, 1.165) is 26.4 Å². The number of carbonyl (C=O) groups excluding carboxylic acids is 2. The van der Waals surface area contributed by atoms with E-state index in [0.29, 0.717) is 5.75 Å². The van der Waals surface area contributed by atoms with Crippen LogP contribution in [0.2, 0.25) is 5.04 Å². The second-order valence-corrected chi connectivity index (χ2v) is 19.9. The van der Waals surface area contributed by atoms with Gasteiger partial charge in [0.25, 0.3) is 8.32 Å². The molecule has 12 heteroatoms. The van der Waals surface area contributed by atoms with Gasteiger partial charge in [-0.2, -0.15) is 0 Å². The van der Waals surface area contributed by atoms with Gasteiger partial charge in [-0.25, -0.2) is 0 Å². The molecule has 5 atom stereocenters. The van der Waals surface area contributed by atoms with E-state index in [9.17, 15) is 15.1 Å². The number of aryl methyl sites for hydroxylation is 1. The molecule has 1 saturated heterocycles. The van der Waals surface area contributed by atoms with Crippen molar-refractivity contribution in [1.29, 1.82) is 0 Å². The lowest BCUT2D eigenvalue weighted by Crippen LogP contribution is -2.68. The predicted molar refractivity (Wildman–Crippen MR) is 214 cm³/mol. The Morgan fingerprint density at radius 2 is 1.48 bits per heavy atom. The van der Waals surface area contributed by atoms with Gasteiger partial charge in [0, 0.05) is 16.2 Å². The van der Waals surface area contributed by atoms with Crippen molar-refractivity contribution in [3.05, 3.63) is 131 Å². The molecule has 4 aromatic carbocycles. The van der Waals surface area contributed by atoms with Crippen LogP contribution in [0.15, 0.2) is 119 Å². The first-order chi connectivity index (χ1) is 25.9. The van der Waals surface area contributed by atoms with Crippen LogP contribution < -0.4 is 15.1 Å². The molecule has 0 aromatic heterocycles. The zero-order valence-electron chi connectivity index (χ0n) is 31.7. The van der Waals surface area contributed by atoms with E-state index in [1.807, 2.05) is 91.9 Å². The highest BCUT2D eigenvalue weighted by atomic mass is 32.2. The maximum atomic E-state index is 13.4. The van der Waals surface area contributed by atoms with Gasteiger partial charge < -0.3 is 28.2 Å². The highest BCUT2D eigenvalue weighted by molar-refractivity contribution is 7.99. The minimum absolute atomic E-state index is 0.0214. The zero-order chi connectivity index (χ0) is 38.7. The van der Waals surface area contributed by atoms with Crippen LogP contribution in [0.1, 0.15) is 51.7 Å². The Morgan fingerprint density at radius 3 is 2.02 bits per heavy atom. The molecule has 0 radical (unpaired) electrons. The van der Waals surface area contributed by atoms with E-state index in [-0.39, 0.29) is 36.9 Å². The average Bonchev–Trinajstić information content (AvgIpc) is 3.16. The lowest BCUT2D eigenvalue weighted by atomic mass is 9.97. The van der Waals surface area contributed by atoms with Crippen LogP contribution in [0.4, 0.5) is 0 Å². The summed E-state index contributed by atoms with van der Waals surface area (Å²) in [6, 6.07) is 35.0. The summed E-state index contributed by atoms with van der Waals surface area (Å²) in [5.74, 6) is -0.0331. The Balaban J connectivity index is 1.60. The minimum Gasteiger partial charge on any atom is -0.497 e. The van der Waals surface area contributed by atoms with Crippen molar-refractivity contribution in [3.63, 3.8) is 0 Å². The molecule has 0 saturated carbocycles. The quantitative estimate of drug-likeness (QED) is 0.0370. The Bertz CT molecular complexity index is 1830. The van der Waals surface area contributed by atoms with Crippen LogP contribution in [0.5, 0.6) is 5.75 Å². The number of rotatable bonds is 16. The molecule has 1 aliphatic rings. The number of Topliss-reactive ketones (excluding diaryl/α,β-unsaturated/α-hetero) is 1. The van der Waals surface area contributed by atoms with Gasteiger partial charge in [0.05, 0.1) is 26.7 Å². The largest absolute Gasteiger partial charge is 0.497 e. The summed E-state index contributed by atoms with van der Waals surface area (Å²) in [7, 11) is -1.45. The average molecular weight is 768 g/mol. The van der Waals surface area contributed by atoms with Gasteiger partial charge in [-0.3, -0.25) is 4.79 Å². The molecule has 0 spiro atoms. The first kappa shape index (κ1) is 40.8. The molecule has 4 aromatic rings. The Kier molecular flexibility index (Phi) is 14.2. The number of azide groups is 1. The molecule has 0 unspecified atom stereocenters. The number of nitrogens with zero attached hydrogens (tertiary/aromatic N) is 3. The highest BCUT2D eigenvalue weighted by Gasteiger charge is 2.53. The monoisotopic (exact) mass is 767 g/mol. The van der Waals surface area contributed by atoms with E-state index in [4.69, 9.17) is 23.4 Å². The molecular formula is C42H49N3O7SSi. The Labute approximate surface area is 323 Å². The second-order valence-electron chi connectivity index (χ2n) is 14.4. The van der Waals surface area contributed by atoms with Crippen molar-refractivity contribution in [1.82, 2.24) is 0 Å². The molecule has 54 heavy (non-hydrogen) atoms. The van der Waals surface area contributed by atoms with Crippen molar-refractivity contribution >= 4 is 42.2 Å². The summed E-state index contributed by atoms with van der Waals surface area (Å²) in [4.78, 5) is 29.4. The number of benzene rings is 4. The molecule has 1 aliphatic heterocycles. The molecule has 0 N–H and O–H groups in total. The van der Waals surface area contributed by atoms with Gasteiger partial charge >= 0.3 is 5.97 Å². The summed E-state index contributed by atoms with van der Waals surface area (Å²) < 4.78 is 32.5. The number of thioether (sulfide) groups is 1. The van der Waals surface area contributed by atoms with Crippen molar-refractivity contribution < 1.29 is 33.0 Å². The fourth-order valence-corrected chi connectivity index (χ4v) is 12.4. The molecule has 0 amide bonds. The fourth-order valence-electron chi connectivity index (χ4n) is 6.76. The van der Waals surface area contributed by atoms with Crippen LogP contribution in [0, 0.1) is 6.92 Å². The van der Waals surface area contributed by atoms with E-state index in [1.165, 1.54) is 18.7 Å². The number of methoxy groups -OCH3 is 1. The van der Waals surface area contributed by atoms with Crippen LogP contribution in [0.3, 0.4) is 0 Å². The second kappa shape index (κ2) is 18.8. The molecule has 1 heterocycles. The normalized spacial score (nSPS) is 20.1. The summed E-state index contributed by atoms with van der Waals surface area (Å²) >= 11 is 1.38. The summed E-state index contributed by atoms with van der Waals surface area (Å²) in [6.45, 7) is 10.2. The van der Waals surface area contributed by atoms with Gasteiger partial charge in [0.2, 0.25) is 0 Å². The third-order valence-electron chi connectivity index (χ3n) is 9.50. The maximum absolute atomic E-state index is 13.4. The molecule has 1 fully saturated rings. The lowest BCUT2D eigenvalue weighted by Gasteiger charge is -2.47. The van der Waals surface area contributed by atoms with Gasteiger partial charge in [-0.1, -0.05) is 128 Å². The van der Waals surface area contributed by atoms with E-state index >= 15 is 0 Å². The predicted octanol–water partition coefficient (Wildman–Crippen LogP) is 7.94. The molecule has 10 nitrogen and oxygen atoms in total. The first-order valence-corrected chi connectivity index (χ1v) is 20.9. The van der Waals surface area contributed by atoms with Crippen LogP contribution >= 0.6 is 11.8 Å². The summed E-state index contributed by atoms with van der Waals surface area (Å²) in [6.07, 6.45) is -2.86. The third kappa shape index (κ3) is 10.0. The summed E-state index contributed by atoms with van der Waals surface area (Å²) in [5.41, 5.74) is 11.0. The van der Waals surface area contributed by atoms with Crippen molar-refractivity contribution in [2.45, 2.75) is 93.8 Å². The van der Waals surface area contributed by atoms with Gasteiger partial charge in [0.15, 0.2) is 0 Å². The zero-order valence-corrected chi connectivity index (χ0v) is 33.5. The smallest absolute Gasteiger partial charge is 0.306 e. The maximum Gasteiger partial charge on any atom is 0.306 e. The number of hydrogen-bond donors (Lipinski definition) is 0. The standard InChI is InChI=1S/C42H49N3O7SSi/c1-29-17-24-33(25-18-29)53-41-38(44-45-43)40(52-37(47)26-19-30(2)46)39(49-27-31-20-22-32(48-6)23-21-31)36(51-41)28-50-54(42(3,4)5,34-13-9-7-10-14-34)35-15-11-8-12-16-35/h7-18,20-25,36,38-41H,19,26-28H2,1-6H3/t36-,38-,39-,40-,41+/m1/s1. The number of hydrogen-bond acceptors (Lipinski definition) is 9. The number of carbonyl (C=O) groups is 2. The van der Waals surface area contributed by atoms with Gasteiger partial charge in [0.1, 0.15) is 41.3 Å². The van der Waals surface area contributed by atoms with Crippen LogP contribution in [0.25, 0.3) is 10.4 Å². The van der Waals surface area contributed by atoms with Crippen LogP contribution in [-0.2, 0) is 34.8 Å². The van der Waals surface area contributed by atoms with Crippen molar-refractivity contribution in [2.75, 3.05) is 13.7 Å². The van der Waals surface area contributed by atoms with Crippen molar-refractivity contribution in [3.8, 4) is 5.75 Å². The number of ketones is 1. The highest BCUT2D eigenvalue weighted by Crippen LogP contribution is 2.41.